The molecule has 25 heavy (non-hydrogen) atoms. The topological polar surface area (TPSA) is 70.0 Å². The molecule has 0 aliphatic carbocycles. The third-order valence-electron chi connectivity index (χ3n) is 4.55. The first-order valence-corrected chi connectivity index (χ1v) is 8.21. The van der Waals surface area contributed by atoms with Crippen LogP contribution in [0.1, 0.15) is 12.0 Å². The van der Waals surface area contributed by atoms with E-state index < -0.39 is 11.9 Å². The molecule has 0 atom stereocenters. The number of aromatic nitrogens is 1. The van der Waals surface area contributed by atoms with Gasteiger partial charge in [-0.3, -0.25) is 0 Å². The van der Waals surface area contributed by atoms with Crippen LogP contribution in [0, 0.1) is 0 Å². The number of benzene rings is 1. The van der Waals surface area contributed by atoms with Gasteiger partial charge in [0.15, 0.2) is 0 Å². The van der Waals surface area contributed by atoms with Gasteiger partial charge in [0.1, 0.15) is 5.75 Å². The van der Waals surface area contributed by atoms with Crippen LogP contribution >= 0.6 is 0 Å². The van der Waals surface area contributed by atoms with Gasteiger partial charge < -0.3 is 19.2 Å². The van der Waals surface area contributed by atoms with E-state index in [-0.39, 0.29) is 5.88 Å². The highest BCUT2D eigenvalue weighted by Gasteiger charge is 2.26. The highest BCUT2D eigenvalue weighted by molar-refractivity contribution is 5.96. The van der Waals surface area contributed by atoms with Crippen molar-refractivity contribution >= 4 is 22.8 Å². The first-order chi connectivity index (χ1) is 12.2. The monoisotopic (exact) mass is 342 g/mol. The Morgan fingerprint density at radius 3 is 2.68 bits per heavy atom. The molecule has 4 rings (SSSR count). The average Bonchev–Trinajstić information content (AvgIpc) is 2.82. The molecule has 1 fully saturated rings. The van der Waals surface area contributed by atoms with E-state index >= 15 is 0 Å². The standard InChI is InChI=1S/C18H18N2O5/c1-23-12-3-4-15-14(11-12)13(7-10-19-8-2-9-19)18-20(15)25-17(22)6-5-16(21)24-18/h3-6,11H,2,7-10H2,1H3/b6-5+. The van der Waals surface area contributed by atoms with E-state index in [9.17, 15) is 9.59 Å². The third kappa shape index (κ3) is 2.87. The summed E-state index contributed by atoms with van der Waals surface area (Å²) in [6, 6.07) is 5.43. The van der Waals surface area contributed by atoms with E-state index in [2.05, 4.69) is 4.90 Å². The van der Waals surface area contributed by atoms with E-state index in [0.29, 0.717) is 17.7 Å². The Bertz CT molecular complexity index is 879. The zero-order valence-corrected chi connectivity index (χ0v) is 13.9. The SMILES string of the molecule is COc1ccc2c(c1)c(CCN1CCC1)c1n2OC(=O)/C=C/C(=O)O1. The van der Waals surface area contributed by atoms with Gasteiger partial charge in [0.25, 0.3) is 0 Å². The fraction of sp³-hybridized carbons (Fsp3) is 0.333. The van der Waals surface area contributed by atoms with E-state index in [4.69, 9.17) is 14.3 Å². The maximum atomic E-state index is 11.9. The molecule has 0 bridgehead atoms. The molecule has 0 saturated carbocycles. The molecule has 7 heteroatoms. The summed E-state index contributed by atoms with van der Waals surface area (Å²) in [5.74, 6) is -0.281. The predicted octanol–water partition coefficient (Wildman–Crippen LogP) is 1.33. The van der Waals surface area contributed by atoms with Gasteiger partial charge in [-0.25, -0.2) is 9.59 Å². The molecule has 2 aliphatic rings. The zero-order chi connectivity index (χ0) is 17.4. The second-order valence-electron chi connectivity index (χ2n) is 6.07. The maximum Gasteiger partial charge on any atom is 0.356 e. The normalized spacial score (nSPS) is 18.6. The Labute approximate surface area is 144 Å². The van der Waals surface area contributed by atoms with E-state index in [1.165, 1.54) is 11.2 Å². The number of fused-ring (bicyclic) bond motifs is 3. The highest BCUT2D eigenvalue weighted by Crippen LogP contribution is 2.35. The number of esters is 1. The fourth-order valence-electron chi connectivity index (χ4n) is 3.10. The van der Waals surface area contributed by atoms with Crippen LogP contribution in [0.5, 0.6) is 11.6 Å². The molecule has 130 valence electrons. The van der Waals surface area contributed by atoms with Gasteiger partial charge in [-0.05, 0) is 44.1 Å². The Balaban J connectivity index is 1.83. The van der Waals surface area contributed by atoms with Crippen molar-refractivity contribution in [1.29, 1.82) is 0 Å². The number of nitrogens with zero attached hydrogens (tertiary/aromatic N) is 2. The summed E-state index contributed by atoms with van der Waals surface area (Å²) in [5.41, 5.74) is 1.49. The van der Waals surface area contributed by atoms with Crippen molar-refractivity contribution < 1.29 is 23.9 Å². The van der Waals surface area contributed by atoms with E-state index in [1.807, 2.05) is 6.07 Å². The number of methoxy groups -OCH3 is 1. The number of hydrogen-bond donors (Lipinski definition) is 0. The number of carbonyl (C=O) groups is 2. The average molecular weight is 342 g/mol. The molecule has 2 aromatic rings. The van der Waals surface area contributed by atoms with Crippen LogP contribution in [0.15, 0.2) is 30.4 Å². The van der Waals surface area contributed by atoms with Crippen LogP contribution in [0.2, 0.25) is 0 Å². The molecule has 0 radical (unpaired) electrons. The van der Waals surface area contributed by atoms with Gasteiger partial charge in [-0.1, -0.05) is 0 Å². The summed E-state index contributed by atoms with van der Waals surface area (Å²) in [6.07, 6.45) is 4.02. The third-order valence-corrected chi connectivity index (χ3v) is 4.55. The highest BCUT2D eigenvalue weighted by atomic mass is 16.7. The number of carbonyl (C=O) groups excluding carboxylic acids is 2. The van der Waals surface area contributed by atoms with Crippen LogP contribution < -0.4 is 14.3 Å². The number of hydrogen-bond acceptors (Lipinski definition) is 6. The Kier molecular flexibility index (Phi) is 3.93. The van der Waals surface area contributed by atoms with Crippen LogP contribution in [0.3, 0.4) is 0 Å². The lowest BCUT2D eigenvalue weighted by Crippen LogP contribution is -2.38. The molecular formula is C18H18N2O5. The van der Waals surface area contributed by atoms with E-state index in [0.717, 1.165) is 42.7 Å². The minimum atomic E-state index is -0.625. The molecule has 1 aromatic heterocycles. The molecule has 3 heterocycles. The first kappa shape index (κ1) is 15.7. The largest absolute Gasteiger partial charge is 0.497 e. The van der Waals surface area contributed by atoms with Gasteiger partial charge in [0.05, 0.1) is 12.6 Å². The van der Waals surface area contributed by atoms with Crippen molar-refractivity contribution in [2.75, 3.05) is 26.7 Å². The van der Waals surface area contributed by atoms with Crippen molar-refractivity contribution in [3.63, 3.8) is 0 Å². The molecule has 0 spiro atoms. The molecule has 1 saturated heterocycles. The minimum Gasteiger partial charge on any atom is -0.497 e. The quantitative estimate of drug-likeness (QED) is 0.781. The molecule has 7 nitrogen and oxygen atoms in total. The van der Waals surface area contributed by atoms with Crippen LogP contribution in [0.25, 0.3) is 10.9 Å². The van der Waals surface area contributed by atoms with Gasteiger partial charge in [-0.15, -0.1) is 4.73 Å². The summed E-state index contributed by atoms with van der Waals surface area (Å²) < 4.78 is 12.1. The van der Waals surface area contributed by atoms with Crippen molar-refractivity contribution in [2.24, 2.45) is 0 Å². The summed E-state index contributed by atoms with van der Waals surface area (Å²) in [7, 11) is 1.59. The van der Waals surface area contributed by atoms with Crippen molar-refractivity contribution in [3.05, 3.63) is 35.9 Å². The number of rotatable bonds is 4. The fourth-order valence-corrected chi connectivity index (χ4v) is 3.10. The lowest BCUT2D eigenvalue weighted by molar-refractivity contribution is -0.142. The summed E-state index contributed by atoms with van der Waals surface area (Å²) in [5, 5.41) is 0.845. The van der Waals surface area contributed by atoms with Crippen LogP contribution in [0.4, 0.5) is 0 Å². The predicted molar refractivity (Wildman–Crippen MR) is 89.6 cm³/mol. The van der Waals surface area contributed by atoms with Crippen LogP contribution in [-0.4, -0.2) is 48.3 Å². The van der Waals surface area contributed by atoms with Gasteiger partial charge >= 0.3 is 11.9 Å². The Morgan fingerprint density at radius 2 is 1.96 bits per heavy atom. The van der Waals surface area contributed by atoms with Gasteiger partial charge in [0.2, 0.25) is 5.88 Å². The molecule has 1 aromatic carbocycles. The maximum absolute atomic E-state index is 11.9. The second kappa shape index (κ2) is 6.25. The molecular weight excluding hydrogens is 324 g/mol. The van der Waals surface area contributed by atoms with Gasteiger partial charge in [-0.2, -0.15) is 0 Å². The van der Waals surface area contributed by atoms with Crippen molar-refractivity contribution in [2.45, 2.75) is 12.8 Å². The molecule has 2 aliphatic heterocycles. The lowest BCUT2D eigenvalue weighted by Gasteiger charge is -2.30. The second-order valence-corrected chi connectivity index (χ2v) is 6.07. The van der Waals surface area contributed by atoms with Gasteiger partial charge in [0, 0.05) is 29.6 Å². The minimum absolute atomic E-state index is 0.256. The smallest absolute Gasteiger partial charge is 0.356 e. The van der Waals surface area contributed by atoms with E-state index in [1.54, 1.807) is 19.2 Å². The number of likely N-dealkylation sites (tertiary alicyclic amines) is 1. The molecule has 0 amide bonds. The van der Waals surface area contributed by atoms with Crippen molar-refractivity contribution in [3.8, 4) is 11.6 Å². The number of ether oxygens (including phenoxy) is 2. The first-order valence-electron chi connectivity index (χ1n) is 8.21. The Morgan fingerprint density at radius 1 is 1.16 bits per heavy atom. The summed E-state index contributed by atoms with van der Waals surface area (Å²) in [4.78, 5) is 31.5. The van der Waals surface area contributed by atoms with Crippen molar-refractivity contribution in [1.82, 2.24) is 9.63 Å². The molecule has 0 unspecified atom stereocenters. The van der Waals surface area contributed by atoms with Crippen LogP contribution in [-0.2, 0) is 16.0 Å². The zero-order valence-electron chi connectivity index (χ0n) is 13.9. The summed E-state index contributed by atoms with van der Waals surface area (Å²) in [6.45, 7) is 3.01. The Hall–Kier alpha value is -2.80. The summed E-state index contributed by atoms with van der Waals surface area (Å²) >= 11 is 0. The molecule has 0 N–H and O–H groups in total. The lowest BCUT2D eigenvalue weighted by atomic mass is 10.1.